The SMILES string of the molecule is C[C@H](Nc1nc(N)ncc1Cl)c1cc2cccc(Cl)c2c(=O)n1-c1cccc(F)c1. The minimum absolute atomic E-state index is 0.0573. The van der Waals surface area contributed by atoms with Gasteiger partial charge in [0.1, 0.15) is 10.8 Å². The number of halogens is 3. The fourth-order valence-corrected chi connectivity index (χ4v) is 3.71. The van der Waals surface area contributed by atoms with Crippen LogP contribution in [-0.4, -0.2) is 14.5 Å². The lowest BCUT2D eigenvalue weighted by Crippen LogP contribution is -2.26. The fraction of sp³-hybridized carbons (Fsp3) is 0.0952. The lowest BCUT2D eigenvalue weighted by atomic mass is 10.1. The second-order valence-electron chi connectivity index (χ2n) is 6.68. The van der Waals surface area contributed by atoms with Crippen LogP contribution in [0.1, 0.15) is 18.7 Å². The molecule has 2 heterocycles. The molecule has 0 fully saturated rings. The fourth-order valence-electron chi connectivity index (χ4n) is 3.30. The normalized spacial score (nSPS) is 12.1. The Bertz CT molecular complexity index is 1320. The number of pyridine rings is 1. The number of hydrogen-bond donors (Lipinski definition) is 2. The molecule has 0 aliphatic carbocycles. The van der Waals surface area contributed by atoms with Crippen molar-refractivity contribution in [2.75, 3.05) is 11.1 Å². The molecule has 6 nitrogen and oxygen atoms in total. The molecule has 30 heavy (non-hydrogen) atoms. The Hall–Kier alpha value is -3.16. The molecule has 0 saturated carbocycles. The van der Waals surface area contributed by atoms with E-state index < -0.39 is 11.9 Å². The Morgan fingerprint density at radius 1 is 1.13 bits per heavy atom. The van der Waals surface area contributed by atoms with Crippen molar-refractivity contribution in [2.45, 2.75) is 13.0 Å². The van der Waals surface area contributed by atoms with Crippen molar-refractivity contribution >= 4 is 45.7 Å². The summed E-state index contributed by atoms with van der Waals surface area (Å²) in [5.41, 5.74) is 6.24. The number of nitrogens with zero attached hydrogens (tertiary/aromatic N) is 3. The van der Waals surface area contributed by atoms with Gasteiger partial charge in [-0.15, -0.1) is 0 Å². The molecule has 3 N–H and O–H groups in total. The van der Waals surface area contributed by atoms with E-state index in [0.29, 0.717) is 33.0 Å². The van der Waals surface area contributed by atoms with Crippen molar-refractivity contribution in [3.05, 3.63) is 86.6 Å². The first kappa shape index (κ1) is 20.1. The second kappa shape index (κ2) is 7.93. The van der Waals surface area contributed by atoms with E-state index in [1.165, 1.54) is 29.0 Å². The summed E-state index contributed by atoms with van der Waals surface area (Å²) in [6.07, 6.45) is 1.39. The predicted molar refractivity (Wildman–Crippen MR) is 118 cm³/mol. The second-order valence-corrected chi connectivity index (χ2v) is 7.50. The Labute approximate surface area is 181 Å². The average Bonchev–Trinajstić information content (AvgIpc) is 2.70. The molecule has 0 unspecified atom stereocenters. The number of fused-ring (bicyclic) bond motifs is 1. The minimum atomic E-state index is -0.461. The van der Waals surface area contributed by atoms with E-state index in [2.05, 4.69) is 15.3 Å². The molecule has 0 bridgehead atoms. The van der Waals surface area contributed by atoms with Gasteiger partial charge in [-0.05, 0) is 42.6 Å². The summed E-state index contributed by atoms with van der Waals surface area (Å²) in [6.45, 7) is 1.83. The third-order valence-electron chi connectivity index (χ3n) is 4.65. The van der Waals surface area contributed by atoms with Crippen molar-refractivity contribution in [3.63, 3.8) is 0 Å². The molecule has 0 spiro atoms. The molecule has 0 saturated heterocycles. The van der Waals surface area contributed by atoms with Crippen LogP contribution >= 0.6 is 23.2 Å². The maximum Gasteiger partial charge on any atom is 0.264 e. The van der Waals surface area contributed by atoms with Crippen molar-refractivity contribution < 1.29 is 4.39 Å². The van der Waals surface area contributed by atoms with Gasteiger partial charge < -0.3 is 11.1 Å². The Morgan fingerprint density at radius 3 is 2.67 bits per heavy atom. The van der Waals surface area contributed by atoms with E-state index in [1.54, 1.807) is 24.3 Å². The molecule has 2 aromatic carbocycles. The van der Waals surface area contributed by atoms with Crippen LogP contribution in [-0.2, 0) is 0 Å². The molecule has 0 aliphatic heterocycles. The van der Waals surface area contributed by atoms with Crippen molar-refractivity contribution in [1.82, 2.24) is 14.5 Å². The van der Waals surface area contributed by atoms with Gasteiger partial charge in [0, 0.05) is 5.69 Å². The van der Waals surface area contributed by atoms with Gasteiger partial charge in [-0.2, -0.15) is 4.98 Å². The van der Waals surface area contributed by atoms with Gasteiger partial charge in [0.25, 0.3) is 5.56 Å². The Morgan fingerprint density at radius 2 is 1.90 bits per heavy atom. The largest absolute Gasteiger partial charge is 0.368 e. The molecule has 1 atom stereocenters. The van der Waals surface area contributed by atoms with E-state index >= 15 is 0 Å². The number of rotatable bonds is 4. The molecule has 152 valence electrons. The number of aromatic nitrogens is 3. The molecule has 9 heteroatoms. The topological polar surface area (TPSA) is 85.8 Å². The predicted octanol–water partition coefficient (Wildman–Crippen LogP) is 4.98. The number of hydrogen-bond acceptors (Lipinski definition) is 5. The Kier molecular flexibility index (Phi) is 5.32. The quantitative estimate of drug-likeness (QED) is 0.464. The zero-order valence-corrected chi connectivity index (χ0v) is 17.2. The summed E-state index contributed by atoms with van der Waals surface area (Å²) in [5.74, 6) is -0.0835. The van der Waals surface area contributed by atoms with Gasteiger partial charge in [-0.25, -0.2) is 9.37 Å². The first-order chi connectivity index (χ1) is 14.3. The number of nitrogens with two attached hydrogens (primary N) is 1. The molecule has 0 radical (unpaired) electrons. The van der Waals surface area contributed by atoms with Crippen LogP contribution in [0.4, 0.5) is 16.2 Å². The van der Waals surface area contributed by atoms with Crippen molar-refractivity contribution in [3.8, 4) is 5.69 Å². The van der Waals surface area contributed by atoms with Crippen LogP contribution in [0.25, 0.3) is 16.5 Å². The maximum absolute atomic E-state index is 13.9. The third-order valence-corrected chi connectivity index (χ3v) is 5.24. The highest BCUT2D eigenvalue weighted by molar-refractivity contribution is 6.35. The van der Waals surface area contributed by atoms with Crippen molar-refractivity contribution in [1.29, 1.82) is 0 Å². The van der Waals surface area contributed by atoms with Crippen LogP contribution in [0.15, 0.2) is 59.5 Å². The number of benzene rings is 2. The van der Waals surface area contributed by atoms with E-state index in [4.69, 9.17) is 28.9 Å². The highest BCUT2D eigenvalue weighted by Crippen LogP contribution is 2.28. The number of nitrogen functional groups attached to an aromatic ring is 1. The van der Waals surface area contributed by atoms with Crippen molar-refractivity contribution in [2.24, 2.45) is 0 Å². The lowest BCUT2D eigenvalue weighted by Gasteiger charge is -2.22. The first-order valence-corrected chi connectivity index (χ1v) is 9.75. The molecular weight excluding hydrogens is 428 g/mol. The summed E-state index contributed by atoms with van der Waals surface area (Å²) in [6, 6.07) is 12.4. The van der Waals surface area contributed by atoms with Crippen LogP contribution < -0.4 is 16.6 Å². The summed E-state index contributed by atoms with van der Waals surface area (Å²) in [7, 11) is 0. The standard InChI is InChI=1S/C21H16Cl2FN5O/c1-11(27-19-16(23)10-26-21(25)28-19)17-8-12-4-2-7-15(22)18(12)20(30)29(17)14-6-3-5-13(24)9-14/h2-11H,1H3,(H3,25,26,27,28)/t11-/m0/s1. The third kappa shape index (κ3) is 3.69. The van der Waals surface area contributed by atoms with Gasteiger partial charge >= 0.3 is 0 Å². The monoisotopic (exact) mass is 443 g/mol. The maximum atomic E-state index is 13.9. The van der Waals surface area contributed by atoms with Gasteiger partial charge in [0.05, 0.1) is 28.3 Å². The molecule has 4 aromatic rings. The summed E-state index contributed by atoms with van der Waals surface area (Å²) in [4.78, 5) is 21.4. The van der Waals surface area contributed by atoms with Crippen LogP contribution in [0, 0.1) is 5.82 Å². The van der Waals surface area contributed by atoms with E-state index in [-0.39, 0.29) is 16.5 Å². The molecule has 4 rings (SSSR count). The van der Waals surface area contributed by atoms with E-state index in [1.807, 2.05) is 13.0 Å². The summed E-state index contributed by atoms with van der Waals surface area (Å²) in [5, 5.41) is 4.76. The molecule has 2 aromatic heterocycles. The zero-order valence-electron chi connectivity index (χ0n) is 15.7. The summed E-state index contributed by atoms with van der Waals surface area (Å²) < 4.78 is 15.4. The highest BCUT2D eigenvalue weighted by atomic mass is 35.5. The smallest absolute Gasteiger partial charge is 0.264 e. The number of nitrogens with one attached hydrogen (secondary N) is 1. The zero-order chi connectivity index (χ0) is 21.4. The van der Waals surface area contributed by atoms with Crippen LogP contribution in [0.3, 0.4) is 0 Å². The van der Waals surface area contributed by atoms with Gasteiger partial charge in [0.2, 0.25) is 5.95 Å². The van der Waals surface area contributed by atoms with Crippen LogP contribution in [0.5, 0.6) is 0 Å². The molecular formula is C21H16Cl2FN5O. The van der Waals surface area contributed by atoms with E-state index in [9.17, 15) is 9.18 Å². The molecule has 0 aliphatic rings. The Balaban J connectivity index is 1.95. The number of anilines is 2. The van der Waals surface area contributed by atoms with Gasteiger partial charge in [-0.3, -0.25) is 9.36 Å². The van der Waals surface area contributed by atoms with Crippen LogP contribution in [0.2, 0.25) is 10.0 Å². The van der Waals surface area contributed by atoms with E-state index in [0.717, 1.165) is 0 Å². The lowest BCUT2D eigenvalue weighted by molar-refractivity contribution is 0.625. The van der Waals surface area contributed by atoms with Gasteiger partial charge in [-0.1, -0.05) is 41.4 Å². The minimum Gasteiger partial charge on any atom is -0.368 e. The first-order valence-electron chi connectivity index (χ1n) is 9.00. The summed E-state index contributed by atoms with van der Waals surface area (Å²) >= 11 is 12.5. The van der Waals surface area contributed by atoms with Gasteiger partial charge in [0.15, 0.2) is 5.82 Å². The molecule has 0 amide bonds. The highest BCUT2D eigenvalue weighted by Gasteiger charge is 2.19. The average molecular weight is 444 g/mol.